The Bertz CT molecular complexity index is 935. The van der Waals surface area contributed by atoms with Crippen LogP contribution in [0.2, 0.25) is 0 Å². The van der Waals surface area contributed by atoms with Gasteiger partial charge in [0.1, 0.15) is 5.82 Å². The Balaban J connectivity index is 1.23. The number of piperidine rings is 2. The molecule has 1 aromatic carbocycles. The minimum atomic E-state index is -0.230. The molecule has 2 atom stereocenters. The molecule has 3 aliphatic heterocycles. The monoisotopic (exact) mass is 463 g/mol. The first-order valence-electron chi connectivity index (χ1n) is 13.0. The van der Waals surface area contributed by atoms with Crippen LogP contribution in [0.3, 0.4) is 0 Å². The molecule has 3 fully saturated rings. The number of benzene rings is 1. The lowest BCUT2D eigenvalue weighted by atomic mass is 9.80. The summed E-state index contributed by atoms with van der Waals surface area (Å²) in [5, 5.41) is 0. The average Bonchev–Trinajstić information content (AvgIpc) is 2.90. The van der Waals surface area contributed by atoms with Crippen molar-refractivity contribution in [1.29, 1.82) is 0 Å². The number of aromatic nitrogens is 1. The van der Waals surface area contributed by atoms with Gasteiger partial charge in [0.05, 0.1) is 23.4 Å². The van der Waals surface area contributed by atoms with E-state index in [1.807, 2.05) is 23.1 Å². The number of hydrogen-bond donors (Lipinski definition) is 0. The van der Waals surface area contributed by atoms with Gasteiger partial charge >= 0.3 is 0 Å². The van der Waals surface area contributed by atoms with E-state index in [-0.39, 0.29) is 23.7 Å². The van der Waals surface area contributed by atoms with Crippen molar-refractivity contribution in [2.45, 2.75) is 69.7 Å². The third-order valence-electron chi connectivity index (χ3n) is 7.68. The van der Waals surface area contributed by atoms with E-state index in [0.29, 0.717) is 25.3 Å². The minimum absolute atomic E-state index is 0.0419. The summed E-state index contributed by atoms with van der Waals surface area (Å²) in [4.78, 5) is 22.1. The highest BCUT2D eigenvalue weighted by molar-refractivity contribution is 5.94. The van der Waals surface area contributed by atoms with Gasteiger partial charge < -0.3 is 19.3 Å². The first kappa shape index (κ1) is 23.3. The molecule has 0 bridgehead atoms. The number of ether oxygens (including phenoxy) is 2. The van der Waals surface area contributed by atoms with Crippen LogP contribution in [0.15, 0.2) is 48.7 Å². The molecule has 3 aliphatic rings. The van der Waals surface area contributed by atoms with Crippen LogP contribution in [0.25, 0.3) is 0 Å². The fourth-order valence-corrected chi connectivity index (χ4v) is 5.81. The van der Waals surface area contributed by atoms with Crippen molar-refractivity contribution in [3.63, 3.8) is 0 Å². The van der Waals surface area contributed by atoms with Gasteiger partial charge in [0.2, 0.25) is 0 Å². The third kappa shape index (κ3) is 5.13. The first-order valence-corrected chi connectivity index (χ1v) is 13.0. The Morgan fingerprint density at radius 2 is 1.82 bits per heavy atom. The summed E-state index contributed by atoms with van der Waals surface area (Å²) in [6, 6.07) is 14.4. The van der Waals surface area contributed by atoms with Crippen molar-refractivity contribution in [3.05, 3.63) is 59.8 Å². The largest absolute Gasteiger partial charge is 0.378 e. The normalized spacial score (nSPS) is 24.9. The second kappa shape index (κ2) is 10.4. The summed E-state index contributed by atoms with van der Waals surface area (Å²) in [5.74, 6) is 1.06. The van der Waals surface area contributed by atoms with E-state index >= 15 is 0 Å². The van der Waals surface area contributed by atoms with Crippen LogP contribution >= 0.6 is 0 Å². The van der Waals surface area contributed by atoms with Gasteiger partial charge in [-0.25, -0.2) is 4.98 Å². The summed E-state index contributed by atoms with van der Waals surface area (Å²) < 4.78 is 12.9. The summed E-state index contributed by atoms with van der Waals surface area (Å²) >= 11 is 0. The Hall–Kier alpha value is -2.44. The van der Waals surface area contributed by atoms with Crippen molar-refractivity contribution in [1.82, 2.24) is 9.88 Å². The van der Waals surface area contributed by atoms with Crippen molar-refractivity contribution in [2.24, 2.45) is 0 Å². The molecule has 34 heavy (non-hydrogen) atoms. The predicted octanol–water partition coefficient (Wildman–Crippen LogP) is 5.00. The van der Waals surface area contributed by atoms with Crippen LogP contribution < -0.4 is 4.90 Å². The van der Waals surface area contributed by atoms with Crippen LogP contribution in [0.4, 0.5) is 5.82 Å². The summed E-state index contributed by atoms with van der Waals surface area (Å²) in [6.07, 6.45) is 9.18. The number of hydrogen-bond acceptors (Lipinski definition) is 5. The lowest BCUT2D eigenvalue weighted by Crippen LogP contribution is -2.52. The van der Waals surface area contributed by atoms with Crippen molar-refractivity contribution >= 4 is 11.7 Å². The van der Waals surface area contributed by atoms with Gasteiger partial charge in [0.25, 0.3) is 5.91 Å². The van der Waals surface area contributed by atoms with Gasteiger partial charge in [-0.05, 0) is 56.7 Å². The van der Waals surface area contributed by atoms with E-state index in [4.69, 9.17) is 9.47 Å². The zero-order valence-electron chi connectivity index (χ0n) is 20.3. The number of rotatable bonds is 5. The molecule has 3 saturated heterocycles. The Morgan fingerprint density at radius 3 is 2.50 bits per heavy atom. The molecule has 0 N–H and O–H groups in total. The van der Waals surface area contributed by atoms with E-state index < -0.39 is 0 Å². The van der Waals surface area contributed by atoms with E-state index in [1.165, 1.54) is 24.8 Å². The number of pyridine rings is 1. The van der Waals surface area contributed by atoms with Gasteiger partial charge in [0.15, 0.2) is 0 Å². The second-order valence-electron chi connectivity index (χ2n) is 9.96. The third-order valence-corrected chi connectivity index (χ3v) is 7.68. The highest BCUT2D eigenvalue weighted by atomic mass is 16.5. The molecule has 1 aromatic heterocycles. The Kier molecular flexibility index (Phi) is 7.16. The number of nitrogens with zero attached hydrogens (tertiary/aromatic N) is 3. The van der Waals surface area contributed by atoms with Gasteiger partial charge in [-0.3, -0.25) is 4.79 Å². The molecule has 0 radical (unpaired) electrons. The molecule has 6 heteroatoms. The maximum Gasteiger partial charge on any atom is 0.255 e. The molecule has 0 aliphatic carbocycles. The van der Waals surface area contributed by atoms with Crippen LogP contribution in [-0.4, -0.2) is 60.3 Å². The smallest absolute Gasteiger partial charge is 0.255 e. The van der Waals surface area contributed by atoms with Crippen molar-refractivity contribution in [2.75, 3.05) is 37.7 Å². The number of amides is 1. The molecule has 2 aromatic rings. The predicted molar refractivity (Wildman–Crippen MR) is 133 cm³/mol. The second-order valence-corrected chi connectivity index (χ2v) is 9.96. The van der Waals surface area contributed by atoms with Gasteiger partial charge in [-0.2, -0.15) is 0 Å². The summed E-state index contributed by atoms with van der Waals surface area (Å²) in [6.45, 7) is 6.29. The average molecular weight is 464 g/mol. The molecular formula is C28H37N3O3. The Labute approximate surface area is 203 Å². The number of carbonyl (C=O) groups is 1. The highest BCUT2D eigenvalue weighted by Gasteiger charge is 2.45. The highest BCUT2D eigenvalue weighted by Crippen LogP contribution is 2.44. The molecule has 4 heterocycles. The number of likely N-dealkylation sites (tertiary alicyclic amines) is 1. The molecule has 1 amide bonds. The zero-order chi connectivity index (χ0) is 23.4. The number of carbonyl (C=O) groups excluding carboxylic acids is 1. The first-order chi connectivity index (χ1) is 16.7. The molecule has 182 valence electrons. The van der Waals surface area contributed by atoms with Crippen LogP contribution in [0.5, 0.6) is 0 Å². The Morgan fingerprint density at radius 1 is 1.06 bits per heavy atom. The summed E-state index contributed by atoms with van der Waals surface area (Å²) in [5.41, 5.74) is 1.66. The lowest BCUT2D eigenvalue weighted by Gasteiger charge is -2.48. The van der Waals surface area contributed by atoms with E-state index in [1.54, 1.807) is 6.20 Å². The molecular weight excluding hydrogens is 426 g/mol. The molecule has 1 spiro atoms. The maximum atomic E-state index is 13.2. The molecule has 0 unspecified atom stereocenters. The van der Waals surface area contributed by atoms with E-state index in [2.05, 4.69) is 41.1 Å². The maximum absolute atomic E-state index is 13.2. The summed E-state index contributed by atoms with van der Waals surface area (Å²) in [7, 11) is 0. The van der Waals surface area contributed by atoms with E-state index in [0.717, 1.165) is 44.6 Å². The minimum Gasteiger partial charge on any atom is -0.378 e. The van der Waals surface area contributed by atoms with Crippen LogP contribution in [0, 0.1) is 0 Å². The fraction of sp³-hybridized carbons (Fsp3) is 0.571. The van der Waals surface area contributed by atoms with Crippen molar-refractivity contribution < 1.29 is 14.3 Å². The van der Waals surface area contributed by atoms with E-state index in [9.17, 15) is 4.79 Å². The topological polar surface area (TPSA) is 54.9 Å². The van der Waals surface area contributed by atoms with Gasteiger partial charge in [-0.1, -0.05) is 30.3 Å². The SMILES string of the molecule is CCO[C@@H]1C[C@H](c2ccccc2)OC2(CCN(C(=O)c3ccc(N4CCCCC4)nc3)CC2)C1. The zero-order valence-corrected chi connectivity index (χ0v) is 20.3. The number of anilines is 1. The van der Waals surface area contributed by atoms with Gasteiger partial charge in [-0.15, -0.1) is 0 Å². The van der Waals surface area contributed by atoms with Crippen molar-refractivity contribution in [3.8, 4) is 0 Å². The molecule has 6 nitrogen and oxygen atoms in total. The fourth-order valence-electron chi connectivity index (χ4n) is 5.81. The quantitative estimate of drug-likeness (QED) is 0.624. The lowest BCUT2D eigenvalue weighted by molar-refractivity contribution is -0.190. The van der Waals surface area contributed by atoms with Crippen LogP contribution in [0.1, 0.15) is 73.9 Å². The molecule has 0 saturated carbocycles. The molecule has 5 rings (SSSR count). The van der Waals surface area contributed by atoms with Gasteiger partial charge in [0, 0.05) is 51.8 Å². The standard InChI is InChI=1S/C28H37N3O3/c1-2-33-24-19-25(22-9-5-3-6-10-22)34-28(20-24)13-17-31(18-14-28)27(32)23-11-12-26(29-21-23)30-15-7-4-8-16-30/h3,5-6,9-12,21,24-25H,2,4,7-8,13-20H2,1H3/t24-,25-/m1/s1. The van der Waals surface area contributed by atoms with Crippen LogP contribution in [-0.2, 0) is 9.47 Å².